The Morgan fingerprint density at radius 1 is 1.00 bits per heavy atom. The molecule has 2 aromatic rings. The predicted molar refractivity (Wildman–Crippen MR) is 114 cm³/mol. The van der Waals surface area contributed by atoms with E-state index < -0.39 is 22.8 Å². The van der Waals surface area contributed by atoms with E-state index >= 15 is 0 Å². The number of hydrogen-bond acceptors (Lipinski definition) is 5. The van der Waals surface area contributed by atoms with Crippen LogP contribution in [0.4, 0.5) is 0 Å². The highest BCUT2D eigenvalue weighted by atomic mass is 16.6. The van der Waals surface area contributed by atoms with Crippen LogP contribution in [0.2, 0.25) is 0 Å². The molecule has 6 heteroatoms. The molecule has 1 fully saturated rings. The second kappa shape index (κ2) is 7.93. The van der Waals surface area contributed by atoms with Gasteiger partial charge in [-0.2, -0.15) is 0 Å². The zero-order valence-corrected chi connectivity index (χ0v) is 18.5. The summed E-state index contributed by atoms with van der Waals surface area (Å²) in [5.74, 6) is -1.20. The maximum Gasteiger partial charge on any atom is 0.229 e. The van der Waals surface area contributed by atoms with E-state index in [2.05, 4.69) is 5.32 Å². The highest BCUT2D eigenvalue weighted by molar-refractivity contribution is 5.81. The van der Waals surface area contributed by atoms with E-state index in [0.29, 0.717) is 6.42 Å². The zero-order valence-electron chi connectivity index (χ0n) is 18.5. The summed E-state index contributed by atoms with van der Waals surface area (Å²) in [4.78, 5) is 13.0. The summed E-state index contributed by atoms with van der Waals surface area (Å²) in [5, 5.41) is 14.1. The fraction of sp³-hybridized carbons (Fsp3) is 0.458. The molecule has 2 aromatic carbocycles. The molecule has 0 radical (unpaired) electrons. The third-order valence-corrected chi connectivity index (χ3v) is 5.45. The van der Waals surface area contributed by atoms with Gasteiger partial charge in [-0.3, -0.25) is 4.79 Å². The predicted octanol–water partition coefficient (Wildman–Crippen LogP) is 3.61. The van der Waals surface area contributed by atoms with Gasteiger partial charge in [0.2, 0.25) is 5.91 Å². The molecule has 0 saturated carbocycles. The lowest BCUT2D eigenvalue weighted by atomic mass is 9.80. The molecule has 1 heterocycles. The number of rotatable bonds is 5. The number of aliphatic hydroxyl groups is 1. The van der Waals surface area contributed by atoms with E-state index in [4.69, 9.17) is 14.2 Å². The quantitative estimate of drug-likeness (QED) is 0.783. The monoisotopic (exact) mass is 413 g/mol. The van der Waals surface area contributed by atoms with Gasteiger partial charge in [-0.25, -0.2) is 0 Å². The maximum atomic E-state index is 13.0. The van der Waals surface area contributed by atoms with Crippen molar-refractivity contribution in [3.63, 3.8) is 0 Å². The van der Waals surface area contributed by atoms with Gasteiger partial charge in [0, 0.05) is 12.0 Å². The topological polar surface area (TPSA) is 77.0 Å². The summed E-state index contributed by atoms with van der Waals surface area (Å²) in [7, 11) is 3.22. The Morgan fingerprint density at radius 2 is 1.43 bits per heavy atom. The molecule has 6 nitrogen and oxygen atoms in total. The Hall–Kier alpha value is -2.57. The molecule has 1 aliphatic rings. The first kappa shape index (κ1) is 22.1. The smallest absolute Gasteiger partial charge is 0.229 e. The first-order chi connectivity index (χ1) is 14.0. The summed E-state index contributed by atoms with van der Waals surface area (Å²) in [6, 6.07) is 15.0. The Kier molecular flexibility index (Phi) is 5.85. The fourth-order valence-corrected chi connectivity index (χ4v) is 3.98. The zero-order chi connectivity index (χ0) is 22.2. The SMILES string of the molecule is COc1ccc(C2(c3ccc(OC)cc3)CC(C(=O)NC(C)(C)C)C(C)(O)O2)cc1. The van der Waals surface area contributed by atoms with Gasteiger partial charge in [-0.15, -0.1) is 0 Å². The van der Waals surface area contributed by atoms with E-state index in [9.17, 15) is 9.90 Å². The van der Waals surface area contributed by atoms with Crippen molar-refractivity contribution < 1.29 is 24.1 Å². The van der Waals surface area contributed by atoms with Gasteiger partial charge in [0.05, 0.1) is 20.1 Å². The van der Waals surface area contributed by atoms with Gasteiger partial charge >= 0.3 is 0 Å². The summed E-state index contributed by atoms with van der Waals surface area (Å²) in [5.41, 5.74) is 0.250. The molecule has 30 heavy (non-hydrogen) atoms. The molecule has 162 valence electrons. The number of hydrogen-bond donors (Lipinski definition) is 2. The number of ether oxygens (including phenoxy) is 3. The van der Waals surface area contributed by atoms with E-state index in [0.717, 1.165) is 22.6 Å². The van der Waals surface area contributed by atoms with Crippen molar-refractivity contribution in [2.45, 2.75) is 51.0 Å². The van der Waals surface area contributed by atoms with E-state index in [1.54, 1.807) is 21.1 Å². The van der Waals surface area contributed by atoms with E-state index in [-0.39, 0.29) is 5.91 Å². The standard InChI is InChI=1S/C24H31NO5/c1-22(2,3)25-21(26)20-15-24(30-23(20,4)27,16-7-11-18(28-5)12-8-16)17-9-13-19(29-6)14-10-17/h7-14,20,27H,15H2,1-6H3,(H,25,26). The lowest BCUT2D eigenvalue weighted by Crippen LogP contribution is -2.48. The van der Waals surface area contributed by atoms with Crippen molar-refractivity contribution in [1.82, 2.24) is 5.32 Å². The highest BCUT2D eigenvalue weighted by Gasteiger charge is 2.57. The molecule has 1 aliphatic heterocycles. The maximum absolute atomic E-state index is 13.0. The number of benzene rings is 2. The summed E-state index contributed by atoms with van der Waals surface area (Å²) in [6.07, 6.45) is 0.292. The minimum absolute atomic E-state index is 0.239. The molecule has 3 rings (SSSR count). The summed E-state index contributed by atoms with van der Waals surface area (Å²) < 4.78 is 16.9. The van der Waals surface area contributed by atoms with Crippen molar-refractivity contribution in [3.8, 4) is 11.5 Å². The van der Waals surface area contributed by atoms with Crippen LogP contribution in [0.15, 0.2) is 48.5 Å². The Morgan fingerprint density at radius 3 is 1.80 bits per heavy atom. The van der Waals surface area contributed by atoms with Crippen molar-refractivity contribution in [2.75, 3.05) is 14.2 Å². The molecule has 0 spiro atoms. The molecular weight excluding hydrogens is 382 g/mol. The van der Waals surface area contributed by atoms with E-state index in [1.807, 2.05) is 69.3 Å². The molecule has 2 unspecified atom stereocenters. The van der Waals surface area contributed by atoms with Crippen LogP contribution in [0.1, 0.15) is 45.2 Å². The third-order valence-electron chi connectivity index (χ3n) is 5.45. The van der Waals surface area contributed by atoms with Crippen molar-refractivity contribution in [2.24, 2.45) is 5.92 Å². The van der Waals surface area contributed by atoms with Crippen molar-refractivity contribution >= 4 is 5.91 Å². The largest absolute Gasteiger partial charge is 0.497 e. The molecule has 1 amide bonds. The second-order valence-electron chi connectivity index (χ2n) is 8.94. The van der Waals surface area contributed by atoms with Crippen LogP contribution in [0.3, 0.4) is 0 Å². The number of carbonyl (C=O) groups excluding carboxylic acids is 1. The van der Waals surface area contributed by atoms with Gasteiger partial charge in [0.25, 0.3) is 0 Å². The lowest BCUT2D eigenvalue weighted by molar-refractivity contribution is -0.219. The molecular formula is C24H31NO5. The molecule has 0 bridgehead atoms. The molecule has 0 aliphatic carbocycles. The molecule has 0 aromatic heterocycles. The number of nitrogens with one attached hydrogen (secondary N) is 1. The van der Waals surface area contributed by atoms with Gasteiger partial charge in [0.1, 0.15) is 17.1 Å². The van der Waals surface area contributed by atoms with Crippen LogP contribution in [-0.2, 0) is 15.1 Å². The second-order valence-corrected chi connectivity index (χ2v) is 8.94. The lowest BCUT2D eigenvalue weighted by Gasteiger charge is -2.32. The number of amides is 1. The number of carbonyl (C=O) groups is 1. The van der Waals surface area contributed by atoms with Gasteiger partial charge in [-0.1, -0.05) is 24.3 Å². The van der Waals surface area contributed by atoms with Crippen LogP contribution in [0.5, 0.6) is 11.5 Å². The summed E-state index contributed by atoms with van der Waals surface area (Å²) in [6.45, 7) is 7.29. The van der Waals surface area contributed by atoms with Crippen LogP contribution in [-0.4, -0.2) is 36.6 Å². The third kappa shape index (κ3) is 4.30. The molecule has 2 N–H and O–H groups in total. The van der Waals surface area contributed by atoms with E-state index in [1.165, 1.54) is 0 Å². The molecule has 1 saturated heterocycles. The minimum Gasteiger partial charge on any atom is -0.497 e. The van der Waals surface area contributed by atoms with Crippen molar-refractivity contribution in [3.05, 3.63) is 59.7 Å². The average Bonchev–Trinajstić information content (AvgIpc) is 2.99. The van der Waals surface area contributed by atoms with Crippen LogP contribution in [0.25, 0.3) is 0 Å². The highest BCUT2D eigenvalue weighted by Crippen LogP contribution is 2.51. The van der Waals surface area contributed by atoms with Gasteiger partial charge in [-0.05, 0) is 63.1 Å². The van der Waals surface area contributed by atoms with Crippen LogP contribution < -0.4 is 14.8 Å². The van der Waals surface area contributed by atoms with Crippen molar-refractivity contribution in [1.29, 1.82) is 0 Å². The molecule has 2 atom stereocenters. The Bertz CT molecular complexity index is 834. The average molecular weight is 414 g/mol. The summed E-state index contributed by atoms with van der Waals surface area (Å²) >= 11 is 0. The van der Waals surface area contributed by atoms with Gasteiger partial charge in [0.15, 0.2) is 5.79 Å². The Labute approximate surface area is 178 Å². The number of methoxy groups -OCH3 is 2. The first-order valence-corrected chi connectivity index (χ1v) is 10.0. The van der Waals surface area contributed by atoms with Gasteiger partial charge < -0.3 is 24.6 Å². The van der Waals surface area contributed by atoms with Crippen LogP contribution >= 0.6 is 0 Å². The normalized spacial score (nSPS) is 23.1. The minimum atomic E-state index is -1.64. The first-order valence-electron chi connectivity index (χ1n) is 10.0. The fourth-order valence-electron chi connectivity index (χ4n) is 3.98. The van der Waals surface area contributed by atoms with Crippen LogP contribution in [0, 0.1) is 5.92 Å². The Balaban J connectivity index is 2.08.